The SMILES string of the molecule is O=C(NNC(=O)N1CCCC1c1cccc(F)c1)c1ccc(F)cc1. The maximum atomic E-state index is 13.4. The molecule has 1 aliphatic rings. The van der Waals surface area contributed by atoms with Crippen LogP contribution in [0.3, 0.4) is 0 Å². The van der Waals surface area contributed by atoms with Crippen molar-refractivity contribution in [3.8, 4) is 0 Å². The van der Waals surface area contributed by atoms with E-state index < -0.39 is 17.8 Å². The summed E-state index contributed by atoms with van der Waals surface area (Å²) in [6.07, 6.45) is 1.52. The number of hydrazine groups is 1. The molecule has 2 N–H and O–H groups in total. The topological polar surface area (TPSA) is 61.4 Å². The van der Waals surface area contributed by atoms with Gasteiger partial charge in [0.1, 0.15) is 11.6 Å². The van der Waals surface area contributed by atoms with E-state index in [4.69, 9.17) is 0 Å². The molecule has 1 atom stereocenters. The molecule has 3 amide bonds. The molecule has 130 valence electrons. The summed E-state index contributed by atoms with van der Waals surface area (Å²) in [4.78, 5) is 25.9. The predicted octanol–water partition coefficient (Wildman–Crippen LogP) is 3.16. The Balaban J connectivity index is 1.62. The van der Waals surface area contributed by atoms with E-state index in [-0.39, 0.29) is 17.4 Å². The van der Waals surface area contributed by atoms with Gasteiger partial charge in [-0.2, -0.15) is 0 Å². The quantitative estimate of drug-likeness (QED) is 0.822. The van der Waals surface area contributed by atoms with E-state index in [1.807, 2.05) is 0 Å². The van der Waals surface area contributed by atoms with E-state index in [0.29, 0.717) is 6.54 Å². The van der Waals surface area contributed by atoms with Crippen LogP contribution < -0.4 is 10.9 Å². The minimum Gasteiger partial charge on any atom is -0.316 e. The van der Waals surface area contributed by atoms with Crippen molar-refractivity contribution in [3.05, 3.63) is 71.3 Å². The molecule has 2 aromatic carbocycles. The molecule has 25 heavy (non-hydrogen) atoms. The largest absolute Gasteiger partial charge is 0.336 e. The Morgan fingerprint density at radius 2 is 1.76 bits per heavy atom. The number of hydrogen-bond donors (Lipinski definition) is 2. The van der Waals surface area contributed by atoms with Crippen LogP contribution in [0.1, 0.15) is 34.8 Å². The Kier molecular flexibility index (Phi) is 4.92. The van der Waals surface area contributed by atoms with Crippen LogP contribution >= 0.6 is 0 Å². The zero-order valence-electron chi connectivity index (χ0n) is 13.3. The highest BCUT2D eigenvalue weighted by Crippen LogP contribution is 2.31. The first-order chi connectivity index (χ1) is 12.0. The van der Waals surface area contributed by atoms with Gasteiger partial charge in [0.05, 0.1) is 6.04 Å². The average molecular weight is 345 g/mol. The van der Waals surface area contributed by atoms with Crippen molar-refractivity contribution in [2.75, 3.05) is 6.54 Å². The third-order valence-electron chi connectivity index (χ3n) is 4.14. The molecule has 0 saturated carbocycles. The fraction of sp³-hybridized carbons (Fsp3) is 0.222. The lowest BCUT2D eigenvalue weighted by Gasteiger charge is -2.25. The van der Waals surface area contributed by atoms with Crippen molar-refractivity contribution in [2.45, 2.75) is 18.9 Å². The summed E-state index contributed by atoms with van der Waals surface area (Å²) in [6.45, 7) is 0.513. The van der Waals surface area contributed by atoms with Gasteiger partial charge in [-0.3, -0.25) is 10.2 Å². The fourth-order valence-electron chi connectivity index (χ4n) is 2.93. The van der Waals surface area contributed by atoms with Gasteiger partial charge in [-0.1, -0.05) is 12.1 Å². The predicted molar refractivity (Wildman–Crippen MR) is 87.5 cm³/mol. The number of halogens is 2. The number of rotatable bonds is 2. The second kappa shape index (κ2) is 7.29. The number of nitrogens with one attached hydrogen (secondary N) is 2. The zero-order chi connectivity index (χ0) is 17.8. The van der Waals surface area contributed by atoms with Crippen LogP contribution in [0.2, 0.25) is 0 Å². The molecule has 0 aromatic heterocycles. The smallest absolute Gasteiger partial charge is 0.316 e. The molecule has 0 spiro atoms. The summed E-state index contributed by atoms with van der Waals surface area (Å²) in [5.41, 5.74) is 5.60. The lowest BCUT2D eigenvalue weighted by molar-refractivity contribution is 0.0928. The second-order valence-corrected chi connectivity index (χ2v) is 5.80. The molecule has 3 rings (SSSR count). The standard InChI is InChI=1S/C18H17F2N3O2/c19-14-8-6-12(7-9-14)17(24)21-22-18(25)23-10-2-5-16(23)13-3-1-4-15(20)11-13/h1,3-4,6-9,11,16H,2,5,10H2,(H,21,24)(H,22,25). The summed E-state index contributed by atoms with van der Waals surface area (Å²) in [6, 6.07) is 10.4. The van der Waals surface area contributed by atoms with Crippen molar-refractivity contribution < 1.29 is 18.4 Å². The van der Waals surface area contributed by atoms with Crippen LogP contribution in [-0.2, 0) is 0 Å². The van der Waals surface area contributed by atoms with E-state index in [2.05, 4.69) is 10.9 Å². The van der Waals surface area contributed by atoms with Gasteiger partial charge in [0.2, 0.25) is 0 Å². The maximum Gasteiger partial charge on any atom is 0.336 e. The third-order valence-corrected chi connectivity index (χ3v) is 4.14. The molecule has 1 aliphatic heterocycles. The number of hydrogen-bond acceptors (Lipinski definition) is 2. The zero-order valence-corrected chi connectivity index (χ0v) is 13.3. The van der Waals surface area contributed by atoms with Gasteiger partial charge in [0.15, 0.2) is 0 Å². The van der Waals surface area contributed by atoms with E-state index in [0.717, 1.165) is 30.5 Å². The highest BCUT2D eigenvalue weighted by atomic mass is 19.1. The van der Waals surface area contributed by atoms with Gasteiger partial charge in [-0.25, -0.2) is 19.0 Å². The lowest BCUT2D eigenvalue weighted by Crippen LogP contribution is -2.48. The van der Waals surface area contributed by atoms with Crippen LogP contribution in [0.4, 0.5) is 13.6 Å². The van der Waals surface area contributed by atoms with Gasteiger partial charge in [0, 0.05) is 12.1 Å². The summed E-state index contributed by atoms with van der Waals surface area (Å²) < 4.78 is 26.3. The van der Waals surface area contributed by atoms with Crippen LogP contribution in [0.5, 0.6) is 0 Å². The van der Waals surface area contributed by atoms with E-state index in [1.165, 1.54) is 24.3 Å². The van der Waals surface area contributed by atoms with Gasteiger partial charge in [-0.15, -0.1) is 0 Å². The van der Waals surface area contributed by atoms with Crippen molar-refractivity contribution in [2.24, 2.45) is 0 Å². The molecule has 1 fully saturated rings. The Morgan fingerprint density at radius 1 is 1.00 bits per heavy atom. The first-order valence-electron chi connectivity index (χ1n) is 7.92. The number of amides is 3. The molecule has 1 heterocycles. The molecule has 0 bridgehead atoms. The molecule has 0 radical (unpaired) electrons. The minimum atomic E-state index is -0.546. The van der Waals surface area contributed by atoms with Crippen LogP contribution in [-0.4, -0.2) is 23.4 Å². The minimum absolute atomic E-state index is 0.227. The monoisotopic (exact) mass is 345 g/mol. The number of benzene rings is 2. The van der Waals surface area contributed by atoms with E-state index in [1.54, 1.807) is 17.0 Å². The molecular weight excluding hydrogens is 328 g/mol. The molecule has 1 saturated heterocycles. The summed E-state index contributed by atoms with van der Waals surface area (Å²) in [5.74, 6) is -1.35. The number of nitrogens with zero attached hydrogens (tertiary/aromatic N) is 1. The normalized spacial score (nSPS) is 16.6. The van der Waals surface area contributed by atoms with Crippen molar-refractivity contribution in [1.29, 1.82) is 0 Å². The molecular formula is C18H17F2N3O2. The highest BCUT2D eigenvalue weighted by molar-refractivity contribution is 5.95. The van der Waals surface area contributed by atoms with Gasteiger partial charge in [0.25, 0.3) is 5.91 Å². The number of urea groups is 1. The van der Waals surface area contributed by atoms with Crippen LogP contribution in [0.25, 0.3) is 0 Å². The average Bonchev–Trinajstić information content (AvgIpc) is 3.10. The second-order valence-electron chi connectivity index (χ2n) is 5.80. The molecule has 7 heteroatoms. The van der Waals surface area contributed by atoms with E-state index in [9.17, 15) is 18.4 Å². The van der Waals surface area contributed by atoms with Crippen LogP contribution in [0.15, 0.2) is 48.5 Å². The summed E-state index contributed by atoms with van der Waals surface area (Å²) >= 11 is 0. The van der Waals surface area contributed by atoms with Gasteiger partial charge >= 0.3 is 6.03 Å². The van der Waals surface area contributed by atoms with Crippen molar-refractivity contribution in [3.63, 3.8) is 0 Å². The number of carbonyl (C=O) groups is 2. The molecule has 2 aromatic rings. The summed E-state index contributed by atoms with van der Waals surface area (Å²) in [5, 5.41) is 0. The number of carbonyl (C=O) groups excluding carboxylic acids is 2. The van der Waals surface area contributed by atoms with E-state index >= 15 is 0 Å². The Morgan fingerprint density at radius 3 is 2.48 bits per heavy atom. The number of likely N-dealkylation sites (tertiary alicyclic amines) is 1. The molecule has 5 nitrogen and oxygen atoms in total. The molecule has 1 unspecified atom stereocenters. The third kappa shape index (κ3) is 3.93. The fourth-order valence-corrected chi connectivity index (χ4v) is 2.93. The van der Waals surface area contributed by atoms with Crippen LogP contribution in [0, 0.1) is 11.6 Å². The van der Waals surface area contributed by atoms with Crippen molar-refractivity contribution in [1.82, 2.24) is 15.8 Å². The first-order valence-corrected chi connectivity index (χ1v) is 7.92. The maximum absolute atomic E-state index is 13.4. The Bertz CT molecular complexity index is 780. The molecule has 0 aliphatic carbocycles. The lowest BCUT2D eigenvalue weighted by atomic mass is 10.0. The van der Waals surface area contributed by atoms with Crippen molar-refractivity contribution >= 4 is 11.9 Å². The Hall–Kier alpha value is -2.96. The first kappa shape index (κ1) is 16.9. The van der Waals surface area contributed by atoms with Gasteiger partial charge < -0.3 is 4.90 Å². The van der Waals surface area contributed by atoms with Gasteiger partial charge in [-0.05, 0) is 54.8 Å². The summed E-state index contributed by atoms with van der Waals surface area (Å²) in [7, 11) is 0. The Labute approximate surface area is 143 Å². The highest BCUT2D eigenvalue weighted by Gasteiger charge is 2.30.